The summed E-state index contributed by atoms with van der Waals surface area (Å²) in [6.07, 6.45) is 44.8. The third-order valence-corrected chi connectivity index (χ3v) is 8.68. The molecule has 0 saturated carbocycles. The molecule has 0 radical (unpaired) electrons. The average molecular weight is 619 g/mol. The monoisotopic (exact) mass is 619 g/mol. The maximum absolute atomic E-state index is 12.5. The van der Waals surface area contributed by atoms with Gasteiger partial charge in [-0.1, -0.05) is 160 Å². The fraction of sp³-hybridized carbons (Fsp3) is 0.850. The minimum Gasteiger partial charge on any atom is -0.481 e. The minimum atomic E-state index is -0.770. The molecular formula is C40H74O4. The van der Waals surface area contributed by atoms with Crippen LogP contribution in [0.5, 0.6) is 0 Å². The van der Waals surface area contributed by atoms with Crippen LogP contribution in [0.25, 0.3) is 0 Å². The molecule has 1 N–H and O–H groups in total. The summed E-state index contributed by atoms with van der Waals surface area (Å²) in [6.45, 7) is 4.51. The smallest absolute Gasteiger partial charge is 0.306 e. The Bertz CT molecular complexity index is 668. The maximum Gasteiger partial charge on any atom is 0.306 e. The van der Waals surface area contributed by atoms with Crippen LogP contribution in [0.4, 0.5) is 0 Å². The third kappa shape index (κ3) is 34.9. The molecule has 4 heteroatoms. The van der Waals surface area contributed by atoms with E-state index < -0.39 is 5.97 Å². The molecule has 1 unspecified atom stereocenters. The number of aliphatic carboxylic acids is 1. The quantitative estimate of drug-likeness (QED) is 0.0436. The number of carbonyl (C=O) groups excluding carboxylic acids is 1. The lowest BCUT2D eigenvalue weighted by molar-refractivity contribution is -0.150. The number of hydrogen-bond acceptors (Lipinski definition) is 3. The van der Waals surface area contributed by atoms with Gasteiger partial charge < -0.3 is 9.84 Å². The van der Waals surface area contributed by atoms with Crippen molar-refractivity contribution in [1.82, 2.24) is 0 Å². The van der Waals surface area contributed by atoms with Crippen molar-refractivity contribution < 1.29 is 19.4 Å². The van der Waals surface area contributed by atoms with Gasteiger partial charge in [-0.2, -0.15) is 0 Å². The number of esters is 1. The molecule has 0 aliphatic carbocycles. The van der Waals surface area contributed by atoms with Gasteiger partial charge in [-0.3, -0.25) is 9.59 Å². The molecule has 0 spiro atoms. The summed E-state index contributed by atoms with van der Waals surface area (Å²) in [5.74, 6) is -0.862. The van der Waals surface area contributed by atoms with E-state index in [0.717, 1.165) is 32.1 Å². The van der Waals surface area contributed by atoms with Gasteiger partial charge in [0.2, 0.25) is 0 Å². The second-order valence-electron chi connectivity index (χ2n) is 13.1. The molecule has 0 rings (SSSR count). The third-order valence-electron chi connectivity index (χ3n) is 8.68. The van der Waals surface area contributed by atoms with E-state index in [1.54, 1.807) is 0 Å². The maximum atomic E-state index is 12.5. The van der Waals surface area contributed by atoms with Crippen molar-refractivity contribution in [3.8, 4) is 0 Å². The highest BCUT2D eigenvalue weighted by atomic mass is 16.5. The van der Waals surface area contributed by atoms with Gasteiger partial charge in [-0.25, -0.2) is 0 Å². The van der Waals surface area contributed by atoms with Crippen LogP contribution in [0, 0.1) is 0 Å². The SMILES string of the molecule is CCCCC/C=C\C/C=C\CCCCCCCCCCCC(=O)OC(CCCCCCCCCCCCC)CCCC(=O)O. The number of rotatable bonds is 35. The summed E-state index contributed by atoms with van der Waals surface area (Å²) in [5, 5.41) is 9.00. The van der Waals surface area contributed by atoms with Crippen molar-refractivity contribution in [2.45, 2.75) is 219 Å². The molecule has 0 aliphatic rings. The van der Waals surface area contributed by atoms with Gasteiger partial charge >= 0.3 is 11.9 Å². The number of carboxylic acids is 1. The molecule has 0 aliphatic heterocycles. The van der Waals surface area contributed by atoms with Crippen LogP contribution < -0.4 is 0 Å². The Morgan fingerprint density at radius 3 is 1.43 bits per heavy atom. The van der Waals surface area contributed by atoms with Crippen LogP contribution in [0.3, 0.4) is 0 Å². The summed E-state index contributed by atoms with van der Waals surface area (Å²) in [7, 11) is 0. The molecule has 0 aromatic rings. The fourth-order valence-electron chi connectivity index (χ4n) is 5.81. The first-order valence-electron chi connectivity index (χ1n) is 19.3. The van der Waals surface area contributed by atoms with Crippen LogP contribution in [0.2, 0.25) is 0 Å². The van der Waals surface area contributed by atoms with Crippen molar-refractivity contribution in [3.05, 3.63) is 24.3 Å². The van der Waals surface area contributed by atoms with Crippen LogP contribution in [0.15, 0.2) is 24.3 Å². The first kappa shape index (κ1) is 42.4. The van der Waals surface area contributed by atoms with E-state index in [1.165, 1.54) is 141 Å². The second kappa shape index (κ2) is 35.9. The highest BCUT2D eigenvalue weighted by Crippen LogP contribution is 2.18. The first-order valence-corrected chi connectivity index (χ1v) is 19.3. The number of ether oxygens (including phenoxy) is 1. The highest BCUT2D eigenvalue weighted by Gasteiger charge is 2.15. The molecule has 0 fully saturated rings. The summed E-state index contributed by atoms with van der Waals surface area (Å²) < 4.78 is 5.82. The lowest BCUT2D eigenvalue weighted by atomic mass is 10.0. The molecular weight excluding hydrogens is 544 g/mol. The second-order valence-corrected chi connectivity index (χ2v) is 13.1. The lowest BCUT2D eigenvalue weighted by Crippen LogP contribution is -2.18. The van der Waals surface area contributed by atoms with Gasteiger partial charge in [-0.05, 0) is 64.2 Å². The van der Waals surface area contributed by atoms with Gasteiger partial charge in [0.05, 0.1) is 0 Å². The van der Waals surface area contributed by atoms with E-state index in [2.05, 4.69) is 38.2 Å². The molecule has 0 aromatic heterocycles. The Labute approximate surface area is 274 Å². The zero-order chi connectivity index (χ0) is 32.2. The molecule has 0 amide bonds. The predicted molar refractivity (Wildman–Crippen MR) is 190 cm³/mol. The standard InChI is InChI=1S/C40H74O4/c1-3-5-7-9-11-13-15-16-17-18-19-20-21-22-24-26-28-30-32-37-40(43)44-38(35-33-36-39(41)42)34-31-29-27-25-23-14-12-10-8-6-4-2/h11,13,16-17,38H,3-10,12,14-15,18-37H2,1-2H3,(H,41,42)/b13-11-,17-16-. The minimum absolute atomic E-state index is 0.0922. The topological polar surface area (TPSA) is 63.6 Å². The van der Waals surface area contributed by atoms with Crippen LogP contribution in [-0.2, 0) is 14.3 Å². The lowest BCUT2D eigenvalue weighted by Gasteiger charge is -2.18. The van der Waals surface area contributed by atoms with Gasteiger partial charge in [0.15, 0.2) is 0 Å². The van der Waals surface area contributed by atoms with Crippen molar-refractivity contribution >= 4 is 11.9 Å². The highest BCUT2D eigenvalue weighted by molar-refractivity contribution is 5.69. The molecule has 0 saturated heterocycles. The Hall–Kier alpha value is -1.58. The number of allylic oxidation sites excluding steroid dienone is 4. The molecule has 1 atom stereocenters. The number of carbonyl (C=O) groups is 2. The Morgan fingerprint density at radius 1 is 0.500 bits per heavy atom. The number of carboxylic acid groups (broad SMARTS) is 1. The van der Waals surface area contributed by atoms with Gasteiger partial charge in [0.1, 0.15) is 6.10 Å². The molecule has 4 nitrogen and oxygen atoms in total. The Kier molecular flexibility index (Phi) is 34.6. The van der Waals surface area contributed by atoms with E-state index >= 15 is 0 Å². The van der Waals surface area contributed by atoms with E-state index in [1.807, 2.05) is 0 Å². The molecule has 0 heterocycles. The summed E-state index contributed by atoms with van der Waals surface area (Å²) >= 11 is 0. The van der Waals surface area contributed by atoms with Crippen LogP contribution in [0.1, 0.15) is 213 Å². The molecule has 258 valence electrons. The van der Waals surface area contributed by atoms with E-state index in [-0.39, 0.29) is 18.5 Å². The average Bonchev–Trinajstić information content (AvgIpc) is 3.00. The van der Waals surface area contributed by atoms with Crippen LogP contribution >= 0.6 is 0 Å². The van der Waals surface area contributed by atoms with E-state index in [4.69, 9.17) is 9.84 Å². The van der Waals surface area contributed by atoms with Gasteiger partial charge in [0, 0.05) is 12.8 Å². The number of unbranched alkanes of at least 4 members (excludes halogenated alkanes) is 22. The van der Waals surface area contributed by atoms with E-state index in [9.17, 15) is 9.59 Å². The van der Waals surface area contributed by atoms with Crippen molar-refractivity contribution in [2.75, 3.05) is 0 Å². The zero-order valence-corrected chi connectivity index (χ0v) is 29.5. The molecule has 44 heavy (non-hydrogen) atoms. The normalized spacial score (nSPS) is 12.4. The summed E-state index contributed by atoms with van der Waals surface area (Å²) in [6, 6.07) is 0. The largest absolute Gasteiger partial charge is 0.481 e. The first-order chi connectivity index (χ1) is 21.6. The van der Waals surface area contributed by atoms with Crippen molar-refractivity contribution in [1.29, 1.82) is 0 Å². The molecule has 0 aromatic carbocycles. The summed E-state index contributed by atoms with van der Waals surface area (Å²) in [4.78, 5) is 23.4. The van der Waals surface area contributed by atoms with Gasteiger partial charge in [0.25, 0.3) is 0 Å². The predicted octanol–water partition coefficient (Wildman–Crippen LogP) is 13.2. The fourth-order valence-corrected chi connectivity index (χ4v) is 5.81. The van der Waals surface area contributed by atoms with Crippen molar-refractivity contribution in [2.24, 2.45) is 0 Å². The summed E-state index contributed by atoms with van der Waals surface area (Å²) in [5.41, 5.74) is 0. The number of hydrogen-bond donors (Lipinski definition) is 1. The van der Waals surface area contributed by atoms with E-state index in [0.29, 0.717) is 19.3 Å². The zero-order valence-electron chi connectivity index (χ0n) is 29.5. The molecule has 0 bridgehead atoms. The van der Waals surface area contributed by atoms with Gasteiger partial charge in [-0.15, -0.1) is 0 Å². The van der Waals surface area contributed by atoms with Crippen molar-refractivity contribution in [3.63, 3.8) is 0 Å². The van der Waals surface area contributed by atoms with Crippen LogP contribution in [-0.4, -0.2) is 23.1 Å². The Morgan fingerprint density at radius 2 is 0.909 bits per heavy atom. The Balaban J connectivity index is 3.77.